The molecule has 1 aromatic carbocycles. The Morgan fingerprint density at radius 3 is 0.982 bits per heavy atom. The summed E-state index contributed by atoms with van der Waals surface area (Å²) >= 11 is 0. The zero-order valence-corrected chi connectivity index (χ0v) is 37.2. The number of imidazole rings is 3. The van der Waals surface area contributed by atoms with Gasteiger partial charge in [0.1, 0.15) is 56.8 Å². The summed E-state index contributed by atoms with van der Waals surface area (Å²) in [6.07, 6.45) is 34.1. The molecule has 0 radical (unpaired) electrons. The van der Waals surface area contributed by atoms with Gasteiger partial charge in [0.25, 0.3) is 0 Å². The van der Waals surface area contributed by atoms with Gasteiger partial charge in [-0.2, -0.15) is 0 Å². The Morgan fingerprint density at radius 2 is 0.737 bits per heavy atom. The smallest absolute Gasteiger partial charge is 0.237 e. The average molecular weight is 772 g/mol. The van der Waals surface area contributed by atoms with Gasteiger partial charge in [-0.1, -0.05) is 41.5 Å². The molecule has 9 saturated carbocycles. The molecule has 57 heavy (non-hydrogen) atoms. The number of hydrogen-bond acceptors (Lipinski definition) is 0. The minimum absolute atomic E-state index is 0.535. The quantitative estimate of drug-likeness (QED) is 0.129. The van der Waals surface area contributed by atoms with Crippen LogP contribution in [0, 0.1) is 90.3 Å². The van der Waals surface area contributed by atoms with Gasteiger partial charge in [-0.15, -0.1) is 0 Å². The molecule has 3 aromatic heterocycles. The van der Waals surface area contributed by atoms with Crippen molar-refractivity contribution in [3.8, 4) is 0 Å². The first kappa shape index (κ1) is 38.1. The predicted molar refractivity (Wildman–Crippen MR) is 226 cm³/mol. The lowest BCUT2D eigenvalue weighted by molar-refractivity contribution is -0.690. The molecule has 0 N–H and O–H groups in total. The Kier molecular flexibility index (Phi) is 9.15. The van der Waals surface area contributed by atoms with E-state index >= 15 is 0 Å². The molecule has 9 aliphatic rings. The Balaban J connectivity index is 0.911. The maximum absolute atomic E-state index is 2.53. The van der Waals surface area contributed by atoms with Gasteiger partial charge in [-0.05, 0) is 147 Å². The van der Waals surface area contributed by atoms with Crippen LogP contribution in [0.5, 0.6) is 0 Å². The van der Waals surface area contributed by atoms with Crippen LogP contribution in [-0.2, 0) is 39.3 Å². The van der Waals surface area contributed by atoms with Crippen molar-refractivity contribution in [3.05, 3.63) is 89.5 Å². The van der Waals surface area contributed by atoms with Crippen molar-refractivity contribution < 1.29 is 13.7 Å². The molecule has 0 amide bonds. The minimum atomic E-state index is 0.535. The van der Waals surface area contributed by atoms with E-state index in [-0.39, 0.29) is 0 Å². The second-order valence-corrected chi connectivity index (χ2v) is 22.8. The van der Waals surface area contributed by atoms with Gasteiger partial charge >= 0.3 is 0 Å². The molecule has 9 aliphatic carbocycles. The van der Waals surface area contributed by atoms with Crippen LogP contribution in [0.3, 0.4) is 0 Å². The van der Waals surface area contributed by atoms with E-state index in [1.54, 1.807) is 0 Å². The SMILES string of the molecule is Cc1c(C[n+]2ccn(C[C@@H]3CC[C@H]4C[C@@H]3C4(C)C)c2)c(C)c(C[n+]2ccn(C[C@@H]3CC[C@H]4C[C@@H]3C4(C)C)c2)c(C)c1C[n+]1ccn(C[C@@H]2CC[C@H]3C[C@@H]2C3(C)C)c1. The molecule has 0 spiro atoms. The number of aromatic nitrogens is 6. The standard InChI is InChI=1S/C51H75N6/c1-34-43(28-55-19-16-52(31-55)25-37-10-13-40-22-46(37)49(40,4)5)35(2)45(30-57-21-18-54(33-57)27-39-12-15-42-24-48(39)51(42,8)9)36(3)44(34)29-56-20-17-53(32-56)26-38-11-14-41-23-47(38)50(41,6)7/h16-21,31-33,37-42,46-48H,10-15,22-30H2,1-9H3/q+3/t37-,38-,39-,40-,41-,42-,46-,47-,48-/m0/s1. The summed E-state index contributed by atoms with van der Waals surface area (Å²) in [5.41, 5.74) is 10.5. The lowest BCUT2D eigenvalue weighted by atomic mass is 9.45. The molecule has 0 unspecified atom stereocenters. The van der Waals surface area contributed by atoms with Crippen molar-refractivity contribution in [1.29, 1.82) is 0 Å². The summed E-state index contributed by atoms with van der Waals surface area (Å²) in [6.45, 7) is 28.7. The summed E-state index contributed by atoms with van der Waals surface area (Å²) in [5.74, 6) is 7.98. The third kappa shape index (κ3) is 6.34. The summed E-state index contributed by atoms with van der Waals surface area (Å²) < 4.78 is 14.9. The molecule has 0 saturated heterocycles. The zero-order valence-electron chi connectivity index (χ0n) is 37.2. The fourth-order valence-corrected chi connectivity index (χ4v) is 14.9. The van der Waals surface area contributed by atoms with Crippen LogP contribution >= 0.6 is 0 Å². The Bertz CT molecular complexity index is 1870. The fraction of sp³-hybridized carbons (Fsp3) is 0.706. The third-order valence-electron chi connectivity index (χ3n) is 19.3. The topological polar surface area (TPSA) is 26.4 Å². The maximum Gasteiger partial charge on any atom is 0.244 e. The first-order valence-electron chi connectivity index (χ1n) is 23.4. The van der Waals surface area contributed by atoms with E-state index in [0.29, 0.717) is 16.2 Å². The molecule has 0 aliphatic heterocycles. The first-order chi connectivity index (χ1) is 27.2. The second kappa shape index (κ2) is 13.7. The van der Waals surface area contributed by atoms with Crippen LogP contribution in [0.15, 0.2) is 56.2 Å². The van der Waals surface area contributed by atoms with Gasteiger partial charge in [-0.3, -0.25) is 0 Å². The molecule has 6 bridgehead atoms. The van der Waals surface area contributed by atoms with Gasteiger partial charge in [0.15, 0.2) is 0 Å². The minimum Gasteiger partial charge on any atom is -0.237 e. The summed E-state index contributed by atoms with van der Waals surface area (Å²) in [7, 11) is 0. The van der Waals surface area contributed by atoms with E-state index in [9.17, 15) is 0 Å². The monoisotopic (exact) mass is 772 g/mol. The Hall–Kier alpha value is -3.15. The lowest BCUT2D eigenvalue weighted by Gasteiger charge is -2.59. The van der Waals surface area contributed by atoms with Crippen LogP contribution in [-0.4, -0.2) is 13.7 Å². The number of benzene rings is 1. The maximum atomic E-state index is 2.53. The summed E-state index contributed by atoms with van der Waals surface area (Å²) in [5, 5.41) is 0. The number of rotatable bonds is 12. The van der Waals surface area contributed by atoms with Gasteiger partial charge < -0.3 is 0 Å². The van der Waals surface area contributed by atoms with E-state index in [0.717, 1.165) is 92.5 Å². The third-order valence-corrected chi connectivity index (χ3v) is 19.3. The Labute approximate surface area is 344 Å². The van der Waals surface area contributed by atoms with Crippen molar-refractivity contribution in [2.75, 3.05) is 0 Å². The highest BCUT2D eigenvalue weighted by molar-refractivity contribution is 5.50. The molecule has 6 heteroatoms. The second-order valence-electron chi connectivity index (χ2n) is 22.8. The summed E-state index contributed by atoms with van der Waals surface area (Å²) in [4.78, 5) is 0. The van der Waals surface area contributed by atoms with E-state index in [1.807, 2.05) is 0 Å². The van der Waals surface area contributed by atoms with Crippen LogP contribution in [0.1, 0.15) is 133 Å². The highest BCUT2D eigenvalue weighted by Gasteiger charge is 2.56. The fourth-order valence-electron chi connectivity index (χ4n) is 14.9. The molecular formula is C51H75N6+3. The normalized spacial score (nSPS) is 32.7. The Morgan fingerprint density at radius 1 is 0.456 bits per heavy atom. The van der Waals surface area contributed by atoms with Crippen LogP contribution in [0.25, 0.3) is 0 Å². The molecule has 306 valence electrons. The lowest BCUT2D eigenvalue weighted by Crippen LogP contribution is -2.53. The van der Waals surface area contributed by atoms with Gasteiger partial charge in [0.2, 0.25) is 19.0 Å². The molecule has 9 atom stereocenters. The predicted octanol–water partition coefficient (Wildman–Crippen LogP) is 9.24. The molecule has 9 fully saturated rings. The van der Waals surface area contributed by atoms with E-state index in [2.05, 4.69) is 146 Å². The van der Waals surface area contributed by atoms with Crippen molar-refractivity contribution in [2.45, 2.75) is 159 Å². The first-order valence-corrected chi connectivity index (χ1v) is 23.4. The highest BCUT2D eigenvalue weighted by atomic mass is 15.1. The number of hydrogen-bond donors (Lipinski definition) is 0. The van der Waals surface area contributed by atoms with Crippen molar-refractivity contribution in [3.63, 3.8) is 0 Å². The van der Waals surface area contributed by atoms with Crippen LogP contribution < -0.4 is 13.7 Å². The van der Waals surface area contributed by atoms with Crippen molar-refractivity contribution in [2.24, 2.45) is 69.5 Å². The molecule has 13 rings (SSSR count). The molecule has 3 heterocycles. The molecule has 4 aromatic rings. The number of fused-ring (bicyclic) bond motifs is 6. The zero-order chi connectivity index (χ0) is 39.6. The van der Waals surface area contributed by atoms with Gasteiger partial charge in [-0.25, -0.2) is 27.4 Å². The molecule has 6 nitrogen and oxygen atoms in total. The van der Waals surface area contributed by atoms with E-state index in [1.165, 1.54) is 91.2 Å². The van der Waals surface area contributed by atoms with E-state index < -0.39 is 0 Å². The highest BCUT2D eigenvalue weighted by Crippen LogP contribution is 2.63. The van der Waals surface area contributed by atoms with Gasteiger partial charge in [0, 0.05) is 34.4 Å². The number of nitrogens with zero attached hydrogens (tertiary/aromatic N) is 6. The van der Waals surface area contributed by atoms with Crippen LogP contribution in [0.2, 0.25) is 0 Å². The largest absolute Gasteiger partial charge is 0.244 e. The van der Waals surface area contributed by atoms with Crippen molar-refractivity contribution >= 4 is 0 Å². The molecular weight excluding hydrogens is 697 g/mol. The van der Waals surface area contributed by atoms with Crippen LogP contribution in [0.4, 0.5) is 0 Å². The summed E-state index contributed by atoms with van der Waals surface area (Å²) in [6, 6.07) is 0. The van der Waals surface area contributed by atoms with Crippen molar-refractivity contribution in [1.82, 2.24) is 13.7 Å². The average Bonchev–Trinajstić information content (AvgIpc) is 3.95. The van der Waals surface area contributed by atoms with E-state index in [4.69, 9.17) is 0 Å². The van der Waals surface area contributed by atoms with Gasteiger partial charge in [0.05, 0.1) is 19.6 Å².